The van der Waals surface area contributed by atoms with Crippen molar-refractivity contribution in [2.45, 2.75) is 25.3 Å². The summed E-state index contributed by atoms with van der Waals surface area (Å²) in [6, 6.07) is 10.0. The van der Waals surface area contributed by atoms with Gasteiger partial charge in [-0.05, 0) is 62.2 Å². The van der Waals surface area contributed by atoms with E-state index in [9.17, 15) is 14.4 Å². The van der Waals surface area contributed by atoms with Crippen LogP contribution in [0.5, 0.6) is 0 Å². The van der Waals surface area contributed by atoms with Crippen molar-refractivity contribution in [1.82, 2.24) is 10.2 Å². The molecular formula is C24H29ClN4O4S. The average Bonchev–Trinajstić information content (AvgIpc) is 3.24. The first kappa shape index (κ1) is 24.7. The highest BCUT2D eigenvalue weighted by Crippen LogP contribution is 2.27. The van der Waals surface area contributed by atoms with E-state index < -0.39 is 6.04 Å². The maximum atomic E-state index is 13.2. The van der Waals surface area contributed by atoms with Gasteiger partial charge in [0.2, 0.25) is 5.91 Å². The van der Waals surface area contributed by atoms with Crippen LogP contribution in [-0.2, 0) is 14.3 Å². The molecule has 0 radical (unpaired) electrons. The maximum absolute atomic E-state index is 13.2. The van der Waals surface area contributed by atoms with Crippen LogP contribution in [0.25, 0.3) is 0 Å². The molecule has 8 nitrogen and oxygen atoms in total. The highest BCUT2D eigenvalue weighted by molar-refractivity contribution is 7.18. The molecule has 1 atom stereocenters. The molecule has 0 bridgehead atoms. The second-order valence-corrected chi connectivity index (χ2v) is 10.4. The molecule has 1 aromatic heterocycles. The summed E-state index contributed by atoms with van der Waals surface area (Å²) in [5, 5.41) is 5.84. The number of ether oxygens (including phenoxy) is 1. The lowest BCUT2D eigenvalue weighted by Crippen LogP contribution is -2.51. The third-order valence-electron chi connectivity index (χ3n) is 6.29. The van der Waals surface area contributed by atoms with Crippen LogP contribution in [0.4, 0.5) is 11.4 Å². The van der Waals surface area contributed by atoms with Crippen molar-refractivity contribution in [1.29, 1.82) is 0 Å². The van der Waals surface area contributed by atoms with Crippen molar-refractivity contribution in [3.63, 3.8) is 0 Å². The molecule has 34 heavy (non-hydrogen) atoms. The molecule has 1 saturated carbocycles. The molecule has 4 rings (SSSR count). The number of amides is 3. The van der Waals surface area contributed by atoms with Crippen LogP contribution in [0.3, 0.4) is 0 Å². The quantitative estimate of drug-likeness (QED) is 0.547. The number of nitrogens with one attached hydrogen (secondary N) is 2. The van der Waals surface area contributed by atoms with E-state index in [1.807, 2.05) is 24.1 Å². The molecule has 1 saturated heterocycles. The number of thiophene rings is 1. The minimum absolute atomic E-state index is 0.0801. The molecule has 2 N–H and O–H groups in total. The minimum atomic E-state index is -0.527. The highest BCUT2D eigenvalue weighted by atomic mass is 35.5. The van der Waals surface area contributed by atoms with Crippen LogP contribution in [-0.4, -0.2) is 68.6 Å². The Balaban J connectivity index is 1.40. The molecule has 0 spiro atoms. The Morgan fingerprint density at radius 1 is 1.24 bits per heavy atom. The Labute approximate surface area is 208 Å². The molecular weight excluding hydrogens is 476 g/mol. The Hall–Kier alpha value is -2.46. The zero-order chi connectivity index (χ0) is 24.1. The largest absolute Gasteiger partial charge is 0.370 e. The number of likely N-dealkylation sites (N-methyl/N-ethyl adjacent to an activating group) is 1. The molecule has 2 heterocycles. The first-order valence-corrected chi connectivity index (χ1v) is 12.6. The van der Waals surface area contributed by atoms with Crippen LogP contribution in [0.2, 0.25) is 4.34 Å². The number of hydrogen-bond donors (Lipinski definition) is 2. The number of morpholine rings is 1. The zero-order valence-corrected chi connectivity index (χ0v) is 20.7. The molecule has 2 aromatic rings. The van der Waals surface area contributed by atoms with Gasteiger partial charge in [0.05, 0.1) is 15.8 Å². The average molecular weight is 505 g/mol. The molecule has 1 aliphatic heterocycles. The van der Waals surface area contributed by atoms with Crippen molar-refractivity contribution in [2.75, 3.05) is 50.1 Å². The number of carbonyl (C=O) groups excluding carboxylic acids is 3. The van der Waals surface area contributed by atoms with Gasteiger partial charge in [0.25, 0.3) is 11.8 Å². The van der Waals surface area contributed by atoms with Gasteiger partial charge in [0.1, 0.15) is 12.6 Å². The van der Waals surface area contributed by atoms with Gasteiger partial charge in [-0.3, -0.25) is 19.3 Å². The molecule has 0 unspecified atom stereocenters. The minimum Gasteiger partial charge on any atom is -0.370 e. The molecule has 1 aromatic carbocycles. The summed E-state index contributed by atoms with van der Waals surface area (Å²) in [5.74, 6) is 0.0637. The van der Waals surface area contributed by atoms with Gasteiger partial charge in [0.15, 0.2) is 0 Å². The lowest BCUT2D eigenvalue weighted by Gasteiger charge is -2.34. The Bertz CT molecular complexity index is 1020. The summed E-state index contributed by atoms with van der Waals surface area (Å²) >= 11 is 7.15. The molecule has 1 aliphatic carbocycles. The van der Waals surface area contributed by atoms with E-state index in [-0.39, 0.29) is 30.9 Å². The molecule has 2 aliphatic rings. The smallest absolute Gasteiger partial charge is 0.261 e. The van der Waals surface area contributed by atoms with E-state index in [1.165, 1.54) is 30.6 Å². The Morgan fingerprint density at radius 2 is 2.00 bits per heavy atom. The third-order valence-corrected chi connectivity index (χ3v) is 7.52. The number of nitrogens with zero attached hydrogens (tertiary/aromatic N) is 2. The van der Waals surface area contributed by atoms with E-state index in [4.69, 9.17) is 16.3 Å². The predicted octanol–water partition coefficient (Wildman–Crippen LogP) is 3.23. The first-order chi connectivity index (χ1) is 16.4. The van der Waals surface area contributed by atoms with Crippen LogP contribution < -0.4 is 15.5 Å². The second kappa shape index (κ2) is 11.3. The maximum Gasteiger partial charge on any atom is 0.261 e. The zero-order valence-electron chi connectivity index (χ0n) is 19.1. The fourth-order valence-corrected chi connectivity index (χ4v) is 5.07. The first-order valence-electron chi connectivity index (χ1n) is 11.4. The van der Waals surface area contributed by atoms with Gasteiger partial charge in [-0.15, -0.1) is 11.3 Å². The summed E-state index contributed by atoms with van der Waals surface area (Å²) in [4.78, 5) is 42.0. The normalized spacial score (nSPS) is 17.4. The highest BCUT2D eigenvalue weighted by Gasteiger charge is 2.28. The van der Waals surface area contributed by atoms with Gasteiger partial charge in [-0.2, -0.15) is 0 Å². The van der Waals surface area contributed by atoms with Gasteiger partial charge in [0, 0.05) is 31.0 Å². The van der Waals surface area contributed by atoms with E-state index in [2.05, 4.69) is 10.6 Å². The van der Waals surface area contributed by atoms with Crippen molar-refractivity contribution >= 4 is 52.0 Å². The molecule has 10 heteroatoms. The predicted molar refractivity (Wildman–Crippen MR) is 134 cm³/mol. The van der Waals surface area contributed by atoms with E-state index in [0.717, 1.165) is 12.2 Å². The number of halogens is 1. The van der Waals surface area contributed by atoms with Crippen molar-refractivity contribution in [2.24, 2.45) is 5.92 Å². The SMILES string of the molecule is CN(CC1CCC1)[C@H](CNC(=O)c1ccc(Cl)s1)C(=O)Nc1ccc(N2CCOCC2=O)cc1. The molecule has 2 fully saturated rings. The number of benzene rings is 1. The molecule has 182 valence electrons. The van der Waals surface area contributed by atoms with Crippen LogP contribution >= 0.6 is 22.9 Å². The fourth-order valence-electron chi connectivity index (χ4n) is 4.11. The van der Waals surface area contributed by atoms with E-state index >= 15 is 0 Å². The summed E-state index contributed by atoms with van der Waals surface area (Å²) in [6.45, 7) is 2.08. The summed E-state index contributed by atoms with van der Waals surface area (Å²) in [5.41, 5.74) is 1.40. The number of rotatable bonds is 9. The van der Waals surface area contributed by atoms with Crippen molar-refractivity contribution in [3.05, 3.63) is 45.6 Å². The Morgan fingerprint density at radius 3 is 2.62 bits per heavy atom. The van der Waals surface area contributed by atoms with E-state index in [1.54, 1.807) is 29.2 Å². The lowest BCUT2D eigenvalue weighted by atomic mass is 9.85. The Kier molecular flexibility index (Phi) is 8.20. The van der Waals surface area contributed by atoms with Gasteiger partial charge in [-0.1, -0.05) is 18.0 Å². The molecule has 3 amide bonds. The van der Waals surface area contributed by atoms with Gasteiger partial charge < -0.3 is 20.3 Å². The van der Waals surface area contributed by atoms with Gasteiger partial charge >= 0.3 is 0 Å². The monoisotopic (exact) mass is 504 g/mol. The number of hydrogen-bond acceptors (Lipinski definition) is 6. The standard InChI is InChI=1S/C24H29ClN4O4S/c1-28(14-16-3-2-4-16)19(13-26-24(32)20-9-10-21(25)34-20)23(31)27-17-5-7-18(8-6-17)29-11-12-33-15-22(29)30/h5-10,16,19H,2-4,11-15H2,1H3,(H,26,32)(H,27,31)/t19-/m1/s1. The lowest BCUT2D eigenvalue weighted by molar-refractivity contribution is -0.125. The summed E-state index contributed by atoms with van der Waals surface area (Å²) < 4.78 is 5.72. The second-order valence-electron chi connectivity index (χ2n) is 8.70. The summed E-state index contributed by atoms with van der Waals surface area (Å²) in [6.07, 6.45) is 3.56. The van der Waals surface area contributed by atoms with Crippen molar-refractivity contribution < 1.29 is 19.1 Å². The van der Waals surface area contributed by atoms with E-state index in [0.29, 0.717) is 34.0 Å². The van der Waals surface area contributed by atoms with Gasteiger partial charge in [-0.25, -0.2) is 0 Å². The number of carbonyl (C=O) groups is 3. The van der Waals surface area contributed by atoms with Crippen LogP contribution in [0.15, 0.2) is 36.4 Å². The van der Waals surface area contributed by atoms with Crippen molar-refractivity contribution in [3.8, 4) is 0 Å². The third kappa shape index (κ3) is 6.15. The van der Waals surface area contributed by atoms with Crippen LogP contribution in [0.1, 0.15) is 28.9 Å². The fraction of sp³-hybridized carbons (Fsp3) is 0.458. The topological polar surface area (TPSA) is 91.0 Å². The van der Waals surface area contributed by atoms with Crippen LogP contribution in [0, 0.1) is 5.92 Å². The number of anilines is 2. The summed E-state index contributed by atoms with van der Waals surface area (Å²) in [7, 11) is 1.92.